The molecule has 1 atom stereocenters. The third-order valence-corrected chi connectivity index (χ3v) is 4.45. The second kappa shape index (κ2) is 11.8. The van der Waals surface area contributed by atoms with Crippen molar-refractivity contribution < 1.29 is 19.1 Å². The lowest BCUT2D eigenvalue weighted by Crippen LogP contribution is -2.44. The molecule has 2 aromatic carbocycles. The van der Waals surface area contributed by atoms with Crippen molar-refractivity contribution in [2.45, 2.75) is 59.3 Å². The van der Waals surface area contributed by atoms with E-state index in [1.165, 1.54) is 0 Å². The van der Waals surface area contributed by atoms with Crippen LogP contribution in [-0.2, 0) is 20.9 Å². The summed E-state index contributed by atoms with van der Waals surface area (Å²) in [6.45, 7) is 9.18. The fourth-order valence-corrected chi connectivity index (χ4v) is 2.89. The summed E-state index contributed by atoms with van der Waals surface area (Å²) in [4.78, 5) is 29.6. The molecule has 6 nitrogen and oxygen atoms in total. The fourth-order valence-electron chi connectivity index (χ4n) is 2.89. The van der Waals surface area contributed by atoms with Gasteiger partial charge in [0.2, 0.25) is 0 Å². The van der Waals surface area contributed by atoms with Gasteiger partial charge in [-0.2, -0.15) is 0 Å². The van der Waals surface area contributed by atoms with Gasteiger partial charge in [0.25, 0.3) is 0 Å². The van der Waals surface area contributed by atoms with Gasteiger partial charge in [0.15, 0.2) is 0 Å². The lowest BCUT2D eigenvalue weighted by atomic mass is 10.1. The van der Waals surface area contributed by atoms with Crippen LogP contribution in [0.4, 0.5) is 4.79 Å². The van der Waals surface area contributed by atoms with E-state index in [9.17, 15) is 9.59 Å². The van der Waals surface area contributed by atoms with E-state index in [0.717, 1.165) is 16.8 Å². The molecule has 0 unspecified atom stereocenters. The summed E-state index contributed by atoms with van der Waals surface area (Å²) in [6.07, 6.45) is 1.21. The van der Waals surface area contributed by atoms with Gasteiger partial charge in [-0.1, -0.05) is 66.7 Å². The monoisotopic (exact) mass is 436 g/mol. The van der Waals surface area contributed by atoms with Gasteiger partial charge in [0.1, 0.15) is 12.2 Å². The molecule has 0 aromatic heterocycles. The van der Waals surface area contributed by atoms with Crippen LogP contribution in [0, 0.1) is 0 Å². The molecule has 0 aliphatic carbocycles. The topological polar surface area (TPSA) is 77.0 Å². The van der Waals surface area contributed by atoms with Crippen LogP contribution in [0.3, 0.4) is 0 Å². The predicted octanol–water partition coefficient (Wildman–Crippen LogP) is 5.54. The summed E-state index contributed by atoms with van der Waals surface area (Å²) in [5, 5.41) is 2.76. The summed E-state index contributed by atoms with van der Waals surface area (Å²) in [6, 6.07) is 18.5. The van der Waals surface area contributed by atoms with Gasteiger partial charge in [0.05, 0.1) is 18.2 Å². The van der Waals surface area contributed by atoms with Crippen molar-refractivity contribution in [1.29, 1.82) is 0 Å². The lowest BCUT2D eigenvalue weighted by Gasteiger charge is -2.23. The largest absolute Gasteiger partial charge is 0.461 e. The van der Waals surface area contributed by atoms with Crippen molar-refractivity contribution in [3.63, 3.8) is 0 Å². The number of rotatable bonds is 8. The molecule has 32 heavy (non-hydrogen) atoms. The van der Waals surface area contributed by atoms with Gasteiger partial charge in [-0.3, -0.25) is 9.79 Å². The van der Waals surface area contributed by atoms with Crippen molar-refractivity contribution in [3.05, 3.63) is 77.9 Å². The summed E-state index contributed by atoms with van der Waals surface area (Å²) < 4.78 is 10.8. The number of carbonyl (C=O) groups excluding carboxylic acids is 2. The number of amides is 1. The van der Waals surface area contributed by atoms with Crippen LogP contribution >= 0.6 is 0 Å². The zero-order valence-corrected chi connectivity index (χ0v) is 19.4. The second-order valence-electron chi connectivity index (χ2n) is 8.34. The van der Waals surface area contributed by atoms with Gasteiger partial charge in [-0.05, 0) is 45.7 Å². The van der Waals surface area contributed by atoms with E-state index < -0.39 is 23.7 Å². The number of benzene rings is 2. The van der Waals surface area contributed by atoms with Gasteiger partial charge < -0.3 is 14.8 Å². The number of aliphatic imine (C=N–C) groups is 1. The first-order valence-corrected chi connectivity index (χ1v) is 10.6. The maximum absolute atomic E-state index is 12.5. The van der Waals surface area contributed by atoms with Gasteiger partial charge in [-0.25, -0.2) is 4.79 Å². The number of alkyl carbamates (subject to hydrolysis) is 1. The normalized spacial score (nSPS) is 13.3. The molecule has 1 amide bonds. The first kappa shape index (κ1) is 24.9. The molecule has 2 rings (SSSR count). The molecule has 0 aliphatic heterocycles. The number of nitrogens with one attached hydrogen (secondary N) is 1. The number of allylic oxidation sites excluding steroid dienone is 1. The van der Waals surface area contributed by atoms with Crippen molar-refractivity contribution in [3.8, 4) is 0 Å². The highest BCUT2D eigenvalue weighted by molar-refractivity contribution is 5.96. The summed E-state index contributed by atoms with van der Waals surface area (Å²) in [7, 11) is 0. The van der Waals surface area contributed by atoms with Crippen LogP contribution in [-0.4, -0.2) is 29.4 Å². The maximum Gasteiger partial charge on any atom is 0.408 e. The minimum Gasteiger partial charge on any atom is -0.461 e. The van der Waals surface area contributed by atoms with Crippen LogP contribution in [0.1, 0.15) is 52.2 Å². The van der Waals surface area contributed by atoms with Crippen molar-refractivity contribution >= 4 is 23.5 Å². The number of carbonyl (C=O) groups is 2. The number of hydrogen-bond donors (Lipinski definition) is 1. The molecular weight excluding hydrogens is 404 g/mol. The average Bonchev–Trinajstić information content (AvgIpc) is 2.75. The number of esters is 1. The Bertz CT molecular complexity index is 945. The Kier molecular flexibility index (Phi) is 9.20. The van der Waals surface area contributed by atoms with Crippen molar-refractivity contribution in [1.82, 2.24) is 5.32 Å². The summed E-state index contributed by atoms with van der Waals surface area (Å²) >= 11 is 0. The Morgan fingerprint density at radius 2 is 1.62 bits per heavy atom. The van der Waals surface area contributed by atoms with Crippen LogP contribution in [0.5, 0.6) is 0 Å². The van der Waals surface area contributed by atoms with E-state index in [0.29, 0.717) is 5.71 Å². The van der Waals surface area contributed by atoms with Crippen LogP contribution in [0.15, 0.2) is 71.7 Å². The molecule has 2 aromatic rings. The van der Waals surface area contributed by atoms with Gasteiger partial charge in [-0.15, -0.1) is 0 Å². The van der Waals surface area contributed by atoms with Gasteiger partial charge in [0, 0.05) is 5.71 Å². The van der Waals surface area contributed by atoms with E-state index in [2.05, 4.69) is 10.3 Å². The minimum atomic E-state index is -0.674. The van der Waals surface area contributed by atoms with Gasteiger partial charge >= 0.3 is 12.1 Å². The van der Waals surface area contributed by atoms with E-state index in [1.807, 2.05) is 73.7 Å². The molecule has 1 N–H and O–H groups in total. The van der Waals surface area contributed by atoms with Crippen LogP contribution in [0.25, 0.3) is 5.70 Å². The fraction of sp³-hybridized carbons (Fsp3) is 0.346. The third-order valence-electron chi connectivity index (χ3n) is 4.45. The summed E-state index contributed by atoms with van der Waals surface area (Å²) in [5.41, 5.74) is 2.49. The Hall–Kier alpha value is -3.41. The molecule has 0 heterocycles. The van der Waals surface area contributed by atoms with E-state index in [-0.39, 0.29) is 13.0 Å². The highest BCUT2D eigenvalue weighted by Gasteiger charge is 2.24. The Labute approximate surface area is 190 Å². The van der Waals surface area contributed by atoms with E-state index in [1.54, 1.807) is 27.7 Å². The van der Waals surface area contributed by atoms with Crippen LogP contribution < -0.4 is 5.32 Å². The third kappa shape index (κ3) is 8.76. The Balaban J connectivity index is 2.16. The Morgan fingerprint density at radius 3 is 2.19 bits per heavy atom. The minimum absolute atomic E-state index is 0.0623. The molecule has 0 spiro atoms. The first-order valence-electron chi connectivity index (χ1n) is 10.6. The molecule has 170 valence electrons. The van der Waals surface area contributed by atoms with Crippen molar-refractivity contribution in [2.75, 3.05) is 0 Å². The zero-order chi connectivity index (χ0) is 23.6. The quantitative estimate of drug-likeness (QED) is 0.436. The predicted molar refractivity (Wildman–Crippen MR) is 127 cm³/mol. The summed E-state index contributed by atoms with van der Waals surface area (Å²) in [5.74, 6) is -0.439. The second-order valence-corrected chi connectivity index (χ2v) is 8.34. The molecule has 0 aliphatic rings. The van der Waals surface area contributed by atoms with Crippen molar-refractivity contribution in [2.24, 2.45) is 4.99 Å². The number of nitrogens with zero attached hydrogens (tertiary/aromatic N) is 1. The SMILES string of the molecule is C/C=C(\N=C(C)[C@H](CC(=O)OCc1ccccc1)NC(=O)OC(C)(C)C)c1ccccc1. The maximum atomic E-state index is 12.5. The highest BCUT2D eigenvalue weighted by Crippen LogP contribution is 2.17. The average molecular weight is 437 g/mol. The number of hydrogen-bond acceptors (Lipinski definition) is 5. The zero-order valence-electron chi connectivity index (χ0n) is 19.4. The molecular formula is C26H32N2O4. The number of ether oxygens (including phenoxy) is 2. The van der Waals surface area contributed by atoms with E-state index in [4.69, 9.17) is 9.47 Å². The van der Waals surface area contributed by atoms with E-state index >= 15 is 0 Å². The molecule has 0 saturated heterocycles. The molecule has 0 bridgehead atoms. The molecule has 0 saturated carbocycles. The standard InChI is InChI=1S/C26H32N2O4/c1-6-22(21-15-11-8-12-16-21)27-19(2)23(28-25(30)32-26(3,4)5)17-24(29)31-18-20-13-9-7-10-14-20/h6-16,23H,17-18H2,1-5H3,(H,28,30)/b22-6-,27-19?/t23-/m0/s1. The highest BCUT2D eigenvalue weighted by atomic mass is 16.6. The molecule has 0 radical (unpaired) electrons. The van der Waals surface area contributed by atoms with Crippen LogP contribution in [0.2, 0.25) is 0 Å². The lowest BCUT2D eigenvalue weighted by molar-refractivity contribution is -0.145. The smallest absolute Gasteiger partial charge is 0.408 e. The first-order chi connectivity index (χ1) is 15.2. The molecule has 6 heteroatoms. The Morgan fingerprint density at radius 1 is 1.03 bits per heavy atom. The molecule has 0 fully saturated rings.